The van der Waals surface area contributed by atoms with Crippen molar-refractivity contribution in [2.75, 3.05) is 11.5 Å². The Bertz CT molecular complexity index is 1050. The summed E-state index contributed by atoms with van der Waals surface area (Å²) in [5.74, 6) is 0.229. The molecule has 1 aliphatic heterocycles. The molecule has 7 heteroatoms. The number of ether oxygens (including phenoxy) is 1. The number of rotatable bonds is 8. The van der Waals surface area contributed by atoms with Crippen LogP contribution in [0, 0.1) is 11.3 Å². The number of aromatic nitrogens is 1. The molecule has 2 heterocycles. The Balaban J connectivity index is 1.46. The van der Waals surface area contributed by atoms with Crippen molar-refractivity contribution in [3.05, 3.63) is 47.2 Å². The van der Waals surface area contributed by atoms with E-state index >= 15 is 0 Å². The Hall–Kier alpha value is -2.85. The van der Waals surface area contributed by atoms with Crippen molar-refractivity contribution >= 4 is 29.3 Å². The summed E-state index contributed by atoms with van der Waals surface area (Å²) < 4.78 is 5.72. The molecule has 0 spiro atoms. The maximum Gasteiger partial charge on any atom is 0.247 e. The van der Waals surface area contributed by atoms with E-state index < -0.39 is 5.25 Å². The van der Waals surface area contributed by atoms with E-state index in [4.69, 9.17) is 9.72 Å². The first-order valence-electron chi connectivity index (χ1n) is 11.3. The molecular weight excluding hydrogens is 422 g/mol. The van der Waals surface area contributed by atoms with E-state index in [1.807, 2.05) is 6.07 Å². The quantitative estimate of drug-likeness (QED) is 0.424. The van der Waals surface area contributed by atoms with Crippen LogP contribution in [-0.4, -0.2) is 28.7 Å². The van der Waals surface area contributed by atoms with Gasteiger partial charge in [0.15, 0.2) is 0 Å². The number of fused-ring (bicyclic) bond motifs is 1. The van der Waals surface area contributed by atoms with Gasteiger partial charge in [-0.25, -0.2) is 9.88 Å². The minimum Gasteiger partial charge on any atom is -0.494 e. The van der Waals surface area contributed by atoms with Gasteiger partial charge in [-0.2, -0.15) is 5.26 Å². The Morgan fingerprint density at radius 1 is 1.19 bits per heavy atom. The van der Waals surface area contributed by atoms with Gasteiger partial charge in [0.25, 0.3) is 0 Å². The first kappa shape index (κ1) is 22.3. The van der Waals surface area contributed by atoms with Crippen molar-refractivity contribution in [1.29, 1.82) is 5.26 Å². The summed E-state index contributed by atoms with van der Waals surface area (Å²) in [6.07, 6.45) is 7.39. The Labute approximate surface area is 193 Å². The maximum absolute atomic E-state index is 13.1. The summed E-state index contributed by atoms with van der Waals surface area (Å²) in [7, 11) is 0. The number of nitriles is 1. The third-order valence-corrected chi connectivity index (χ3v) is 7.04. The lowest BCUT2D eigenvalue weighted by Gasteiger charge is -2.18. The molecule has 1 saturated heterocycles. The fourth-order valence-electron chi connectivity index (χ4n) is 4.12. The molecule has 1 aromatic heterocycles. The van der Waals surface area contributed by atoms with Crippen LogP contribution in [0.2, 0.25) is 0 Å². The molecule has 4 rings (SSSR count). The molecule has 1 aliphatic carbocycles. The summed E-state index contributed by atoms with van der Waals surface area (Å²) >= 11 is 1.23. The van der Waals surface area contributed by atoms with Crippen LogP contribution < -0.4 is 9.64 Å². The molecule has 1 fully saturated rings. The highest BCUT2D eigenvalue weighted by Gasteiger charge is 2.41. The number of benzene rings is 1. The highest BCUT2D eigenvalue weighted by molar-refractivity contribution is 8.00. The Morgan fingerprint density at radius 3 is 2.72 bits per heavy atom. The minimum atomic E-state index is -0.575. The number of hydrogen-bond acceptors (Lipinski definition) is 6. The largest absolute Gasteiger partial charge is 0.494 e. The molecule has 32 heavy (non-hydrogen) atoms. The molecule has 2 aromatic rings. The number of amides is 2. The van der Waals surface area contributed by atoms with Gasteiger partial charge in [-0.15, -0.1) is 0 Å². The zero-order valence-electron chi connectivity index (χ0n) is 18.3. The summed E-state index contributed by atoms with van der Waals surface area (Å²) in [4.78, 5) is 31.7. The number of carbonyl (C=O) groups excluding carboxylic acids is 2. The number of unbranched alkanes of at least 4 members (excludes halogenated alkanes) is 2. The molecule has 0 radical (unpaired) electrons. The van der Waals surface area contributed by atoms with Crippen LogP contribution in [0.15, 0.2) is 35.4 Å². The summed E-state index contributed by atoms with van der Waals surface area (Å²) in [5, 5.41) is 9.56. The molecule has 2 aliphatic rings. The van der Waals surface area contributed by atoms with Crippen molar-refractivity contribution in [2.45, 2.75) is 68.6 Å². The fourth-order valence-corrected chi connectivity index (χ4v) is 5.22. The molecule has 6 nitrogen and oxygen atoms in total. The van der Waals surface area contributed by atoms with Crippen molar-refractivity contribution in [1.82, 2.24) is 4.98 Å². The number of thioether (sulfide) groups is 1. The smallest absolute Gasteiger partial charge is 0.247 e. The van der Waals surface area contributed by atoms with Crippen LogP contribution in [0.4, 0.5) is 5.69 Å². The van der Waals surface area contributed by atoms with Gasteiger partial charge in [-0.3, -0.25) is 9.59 Å². The van der Waals surface area contributed by atoms with Crippen molar-refractivity contribution in [3.63, 3.8) is 0 Å². The summed E-state index contributed by atoms with van der Waals surface area (Å²) in [6, 6.07) is 11.2. The van der Waals surface area contributed by atoms with Crippen molar-refractivity contribution in [2.24, 2.45) is 0 Å². The number of pyridine rings is 1. The zero-order valence-corrected chi connectivity index (χ0v) is 19.1. The van der Waals surface area contributed by atoms with E-state index in [9.17, 15) is 14.9 Å². The molecule has 166 valence electrons. The topological polar surface area (TPSA) is 83.3 Å². The lowest BCUT2D eigenvalue weighted by Crippen LogP contribution is -2.31. The SMILES string of the molecule is CCCCCOc1ccc(N2C(=O)C[C@@H](Sc3nc4c(cc3C#N)CCCC4)C2=O)cc1. The van der Waals surface area contributed by atoms with Gasteiger partial charge in [0, 0.05) is 12.1 Å². The van der Waals surface area contributed by atoms with E-state index in [1.165, 1.54) is 16.7 Å². The third-order valence-electron chi connectivity index (χ3n) is 5.86. The normalized spacial score (nSPS) is 17.9. The van der Waals surface area contributed by atoms with Crippen LogP contribution >= 0.6 is 11.8 Å². The van der Waals surface area contributed by atoms with Crippen LogP contribution in [-0.2, 0) is 22.4 Å². The van der Waals surface area contributed by atoms with E-state index in [2.05, 4.69) is 13.0 Å². The second-order valence-electron chi connectivity index (χ2n) is 8.19. The predicted octanol–water partition coefficient (Wildman–Crippen LogP) is 4.83. The summed E-state index contributed by atoms with van der Waals surface area (Å²) in [5.41, 5.74) is 3.17. The molecule has 1 atom stereocenters. The highest BCUT2D eigenvalue weighted by Crippen LogP contribution is 2.36. The lowest BCUT2D eigenvalue weighted by atomic mass is 9.95. The molecule has 2 amide bonds. The first-order chi connectivity index (χ1) is 15.6. The number of nitrogens with zero attached hydrogens (tertiary/aromatic N) is 3. The second-order valence-corrected chi connectivity index (χ2v) is 9.38. The highest BCUT2D eigenvalue weighted by atomic mass is 32.2. The van der Waals surface area contributed by atoms with E-state index in [1.54, 1.807) is 24.3 Å². The minimum absolute atomic E-state index is 0.0996. The standard InChI is InChI=1S/C25H27N3O3S/c1-2-3-6-13-31-20-11-9-19(10-12-20)28-23(29)15-22(25(28)30)32-24-18(16-26)14-17-7-4-5-8-21(17)27-24/h9-12,14,22H,2-8,13,15H2,1H3/t22-/m1/s1. The van der Waals surface area contributed by atoms with Gasteiger partial charge >= 0.3 is 0 Å². The average Bonchev–Trinajstić information content (AvgIpc) is 3.09. The van der Waals surface area contributed by atoms with Crippen LogP contribution in [0.5, 0.6) is 5.75 Å². The molecule has 0 bridgehead atoms. The van der Waals surface area contributed by atoms with Gasteiger partial charge in [0.2, 0.25) is 11.8 Å². The Morgan fingerprint density at radius 2 is 1.97 bits per heavy atom. The van der Waals surface area contributed by atoms with E-state index in [0.29, 0.717) is 22.9 Å². The molecular formula is C25H27N3O3S. The summed E-state index contributed by atoms with van der Waals surface area (Å²) in [6.45, 7) is 2.80. The first-order valence-corrected chi connectivity index (χ1v) is 12.2. The number of hydrogen-bond donors (Lipinski definition) is 0. The van der Waals surface area contributed by atoms with E-state index in [-0.39, 0.29) is 18.2 Å². The van der Waals surface area contributed by atoms with Crippen LogP contribution in [0.25, 0.3) is 0 Å². The molecule has 0 N–H and O–H groups in total. The molecule has 0 unspecified atom stereocenters. The van der Waals surface area contributed by atoms with Crippen LogP contribution in [0.1, 0.15) is 62.3 Å². The monoisotopic (exact) mass is 449 g/mol. The average molecular weight is 450 g/mol. The van der Waals surface area contributed by atoms with Crippen LogP contribution in [0.3, 0.4) is 0 Å². The molecule has 1 aromatic carbocycles. The predicted molar refractivity (Wildman–Crippen MR) is 124 cm³/mol. The van der Waals surface area contributed by atoms with Crippen molar-refractivity contribution < 1.29 is 14.3 Å². The fraction of sp³-hybridized carbons (Fsp3) is 0.440. The lowest BCUT2D eigenvalue weighted by molar-refractivity contribution is -0.121. The van der Waals surface area contributed by atoms with Gasteiger partial charge in [0.1, 0.15) is 16.8 Å². The van der Waals surface area contributed by atoms with Crippen molar-refractivity contribution in [3.8, 4) is 11.8 Å². The Kier molecular flexibility index (Phi) is 7.11. The zero-order chi connectivity index (χ0) is 22.5. The van der Waals surface area contributed by atoms with Gasteiger partial charge in [-0.05, 0) is 68.0 Å². The molecule has 0 saturated carbocycles. The van der Waals surface area contributed by atoms with Gasteiger partial charge in [-0.1, -0.05) is 31.5 Å². The van der Waals surface area contributed by atoms with E-state index in [0.717, 1.165) is 62.0 Å². The maximum atomic E-state index is 13.1. The third kappa shape index (κ3) is 4.81. The number of aryl methyl sites for hydroxylation is 2. The van der Waals surface area contributed by atoms with Gasteiger partial charge < -0.3 is 4.74 Å². The van der Waals surface area contributed by atoms with Gasteiger partial charge in [0.05, 0.1) is 23.1 Å². The number of carbonyl (C=O) groups is 2. The number of anilines is 1. The second kappa shape index (κ2) is 10.2. The number of imide groups is 1.